The normalized spacial score (nSPS) is 12.8. The minimum Gasteiger partial charge on any atom is -0.228 e. The van der Waals surface area contributed by atoms with Gasteiger partial charge in [0.15, 0.2) is 11.6 Å². The first-order valence-electron chi connectivity index (χ1n) is 15.2. The fourth-order valence-corrected chi connectivity index (χ4v) is 9.67. The summed E-state index contributed by atoms with van der Waals surface area (Å²) in [4.78, 5) is 20.7. The molecule has 5 aromatic carbocycles. The van der Waals surface area contributed by atoms with Crippen LogP contribution in [0.5, 0.6) is 0 Å². The second-order valence-corrected chi connectivity index (χ2v) is 16.2. The van der Waals surface area contributed by atoms with Crippen molar-refractivity contribution in [1.29, 1.82) is 0 Å². The van der Waals surface area contributed by atoms with Crippen molar-refractivity contribution < 1.29 is 0 Å². The van der Waals surface area contributed by atoms with Crippen LogP contribution in [0.15, 0.2) is 146 Å². The van der Waals surface area contributed by atoms with Gasteiger partial charge >= 0.3 is 0 Å². The van der Waals surface area contributed by atoms with Gasteiger partial charge in [0.1, 0.15) is 8.07 Å². The Morgan fingerprint density at radius 3 is 1.53 bits per heavy atom. The average molecular weight is 595 g/mol. The van der Waals surface area contributed by atoms with E-state index in [2.05, 4.69) is 104 Å². The Bertz CT molecular complexity index is 2120. The summed E-state index contributed by atoms with van der Waals surface area (Å²) in [6, 6.07) is 50.3. The highest BCUT2D eigenvalue weighted by Gasteiger charge is 2.41. The smallest absolute Gasteiger partial charge is 0.160 e. The number of aromatic nitrogens is 4. The van der Waals surface area contributed by atoms with Gasteiger partial charge in [-0.1, -0.05) is 147 Å². The summed E-state index contributed by atoms with van der Waals surface area (Å²) >= 11 is 0. The maximum atomic E-state index is 5.31. The Kier molecular flexibility index (Phi) is 6.54. The minimum atomic E-state index is -2.09. The molecule has 0 atom stereocenters. The van der Waals surface area contributed by atoms with Crippen molar-refractivity contribution in [3.8, 4) is 67.8 Å². The quantitative estimate of drug-likeness (QED) is 0.188. The van der Waals surface area contributed by atoms with Crippen LogP contribution >= 0.6 is 0 Å². The van der Waals surface area contributed by atoms with E-state index >= 15 is 0 Å². The minimum absolute atomic E-state index is 0.686. The lowest BCUT2D eigenvalue weighted by Crippen LogP contribution is -2.50. The van der Waals surface area contributed by atoms with Crippen LogP contribution in [-0.2, 0) is 0 Å². The van der Waals surface area contributed by atoms with Crippen LogP contribution in [0.3, 0.4) is 0 Å². The fourth-order valence-electron chi connectivity index (χ4n) is 6.44. The van der Waals surface area contributed by atoms with Gasteiger partial charge in [0.05, 0.1) is 22.8 Å². The van der Waals surface area contributed by atoms with E-state index in [0.717, 1.165) is 56.4 Å². The van der Waals surface area contributed by atoms with Crippen molar-refractivity contribution in [2.75, 3.05) is 0 Å². The SMILES string of the molecule is C[Si]1(C)c2ccccc2-c2nc(-c3ccccc3)nc(-c3cccc(-c4nc(-c5ccccc5)cc(-c5ccccc5)n4)c3)c21. The molecule has 2 aromatic heterocycles. The highest BCUT2D eigenvalue weighted by molar-refractivity contribution is 7.04. The van der Waals surface area contributed by atoms with Gasteiger partial charge in [-0.05, 0) is 28.1 Å². The third-order valence-corrected chi connectivity index (χ3v) is 12.2. The van der Waals surface area contributed by atoms with Gasteiger partial charge in [0, 0.05) is 27.8 Å². The average Bonchev–Trinajstić information content (AvgIpc) is 3.35. The molecular weight excluding hydrogens is 565 g/mol. The van der Waals surface area contributed by atoms with Gasteiger partial charge in [-0.3, -0.25) is 0 Å². The zero-order valence-corrected chi connectivity index (χ0v) is 26.1. The maximum Gasteiger partial charge on any atom is 0.160 e. The van der Waals surface area contributed by atoms with Crippen LogP contribution in [0, 0.1) is 0 Å². The summed E-state index contributed by atoms with van der Waals surface area (Å²) in [5, 5.41) is 2.69. The Morgan fingerprint density at radius 2 is 0.889 bits per heavy atom. The summed E-state index contributed by atoms with van der Waals surface area (Å²) in [5.74, 6) is 1.43. The number of nitrogens with zero attached hydrogens (tertiary/aromatic N) is 4. The molecule has 0 radical (unpaired) electrons. The van der Waals surface area contributed by atoms with Crippen molar-refractivity contribution in [2.45, 2.75) is 13.1 Å². The number of rotatable bonds is 5. The van der Waals surface area contributed by atoms with Crippen LogP contribution < -0.4 is 10.4 Å². The van der Waals surface area contributed by atoms with Crippen LogP contribution in [0.4, 0.5) is 0 Å². The first-order valence-corrected chi connectivity index (χ1v) is 18.2. The van der Waals surface area contributed by atoms with Crippen molar-refractivity contribution in [3.63, 3.8) is 0 Å². The summed E-state index contributed by atoms with van der Waals surface area (Å²) < 4.78 is 0. The molecule has 3 heterocycles. The first-order chi connectivity index (χ1) is 22.1. The molecule has 4 nitrogen and oxygen atoms in total. The summed E-state index contributed by atoms with van der Waals surface area (Å²) in [7, 11) is -2.09. The third kappa shape index (κ3) is 4.78. The van der Waals surface area contributed by atoms with E-state index in [1.807, 2.05) is 54.6 Å². The molecular formula is C40H30N4Si. The molecule has 0 saturated heterocycles. The number of benzene rings is 5. The van der Waals surface area contributed by atoms with E-state index in [1.165, 1.54) is 15.9 Å². The van der Waals surface area contributed by atoms with E-state index in [4.69, 9.17) is 19.9 Å². The second kappa shape index (κ2) is 10.9. The van der Waals surface area contributed by atoms with Gasteiger partial charge in [-0.25, -0.2) is 19.9 Å². The maximum absolute atomic E-state index is 5.31. The molecule has 5 heteroatoms. The lowest BCUT2D eigenvalue weighted by Gasteiger charge is -2.22. The summed E-state index contributed by atoms with van der Waals surface area (Å²) in [6.45, 7) is 4.82. The summed E-state index contributed by atoms with van der Waals surface area (Å²) in [6.07, 6.45) is 0. The van der Waals surface area contributed by atoms with E-state index < -0.39 is 8.07 Å². The third-order valence-electron chi connectivity index (χ3n) is 8.68. The highest BCUT2D eigenvalue weighted by Crippen LogP contribution is 2.35. The van der Waals surface area contributed by atoms with E-state index in [-0.39, 0.29) is 0 Å². The molecule has 7 aromatic rings. The summed E-state index contributed by atoms with van der Waals surface area (Å²) in [5.41, 5.74) is 10.2. The van der Waals surface area contributed by atoms with Crippen LogP contribution in [0.25, 0.3) is 67.8 Å². The molecule has 0 unspecified atom stereocenters. The van der Waals surface area contributed by atoms with Gasteiger partial charge < -0.3 is 0 Å². The monoisotopic (exact) mass is 594 g/mol. The van der Waals surface area contributed by atoms with Gasteiger partial charge in [0.2, 0.25) is 0 Å². The van der Waals surface area contributed by atoms with Crippen LogP contribution in [0.2, 0.25) is 13.1 Å². The Hall–Kier alpha value is -5.52. The number of fused-ring (bicyclic) bond motifs is 3. The van der Waals surface area contributed by atoms with Gasteiger partial charge in [0.25, 0.3) is 0 Å². The van der Waals surface area contributed by atoms with E-state index in [9.17, 15) is 0 Å². The Labute approximate surface area is 264 Å². The largest absolute Gasteiger partial charge is 0.228 e. The van der Waals surface area contributed by atoms with Crippen molar-refractivity contribution in [1.82, 2.24) is 19.9 Å². The first kappa shape index (κ1) is 27.1. The molecule has 0 spiro atoms. The van der Waals surface area contributed by atoms with Crippen molar-refractivity contribution in [2.24, 2.45) is 0 Å². The lowest BCUT2D eigenvalue weighted by atomic mass is 10.0. The zero-order chi connectivity index (χ0) is 30.4. The number of hydrogen-bond acceptors (Lipinski definition) is 4. The molecule has 0 aliphatic carbocycles. The molecule has 0 fully saturated rings. The number of hydrogen-bond donors (Lipinski definition) is 0. The molecule has 214 valence electrons. The fraction of sp³-hybridized carbons (Fsp3) is 0.0500. The topological polar surface area (TPSA) is 51.6 Å². The second-order valence-electron chi connectivity index (χ2n) is 11.9. The lowest BCUT2D eigenvalue weighted by molar-refractivity contribution is 1.18. The molecule has 1 aliphatic rings. The molecule has 0 saturated carbocycles. The Morgan fingerprint density at radius 1 is 0.400 bits per heavy atom. The van der Waals surface area contributed by atoms with Crippen LogP contribution in [0.1, 0.15) is 0 Å². The zero-order valence-electron chi connectivity index (χ0n) is 25.1. The molecule has 1 aliphatic heterocycles. The highest BCUT2D eigenvalue weighted by atomic mass is 28.3. The van der Waals surface area contributed by atoms with Gasteiger partial charge in [-0.2, -0.15) is 0 Å². The standard InChI is InChI=1S/C40H30N4Si/c1-45(2)35-24-13-12-23-32(35)37-38(45)36(43-39(44-37)29-19-10-5-11-20-29)30-21-14-22-31(25-30)40-41-33(27-15-6-3-7-16-27)26-34(42-40)28-17-8-4-9-18-28/h3-26H,1-2H3. The predicted octanol–water partition coefficient (Wildman–Crippen LogP) is 8.40. The molecule has 0 amide bonds. The van der Waals surface area contributed by atoms with Crippen molar-refractivity contribution >= 4 is 18.4 Å². The Balaban J connectivity index is 1.34. The molecule has 45 heavy (non-hydrogen) atoms. The predicted molar refractivity (Wildman–Crippen MR) is 187 cm³/mol. The van der Waals surface area contributed by atoms with Crippen molar-refractivity contribution in [3.05, 3.63) is 146 Å². The van der Waals surface area contributed by atoms with Crippen LogP contribution in [-0.4, -0.2) is 28.0 Å². The van der Waals surface area contributed by atoms with E-state index in [1.54, 1.807) is 0 Å². The molecule has 0 N–H and O–H groups in total. The van der Waals surface area contributed by atoms with E-state index in [0.29, 0.717) is 5.82 Å². The molecule has 0 bridgehead atoms. The molecule has 8 rings (SSSR count). The van der Waals surface area contributed by atoms with Gasteiger partial charge in [-0.15, -0.1) is 0 Å².